The third-order valence-corrected chi connectivity index (χ3v) is 1.66. The lowest BCUT2D eigenvalue weighted by Crippen LogP contribution is -2.07. The van der Waals surface area contributed by atoms with Gasteiger partial charge in [0.05, 0.1) is 6.42 Å². The van der Waals surface area contributed by atoms with Gasteiger partial charge in [-0.05, 0) is 16.8 Å². The molecule has 1 unspecified atom stereocenters. The Kier molecular flexibility index (Phi) is 2.73. The molecule has 0 aliphatic carbocycles. The highest BCUT2D eigenvalue weighted by Crippen LogP contribution is 2.17. The maximum atomic E-state index is 10.4. The molecule has 0 aliphatic rings. The zero-order chi connectivity index (χ0) is 8.97. The van der Waals surface area contributed by atoms with Crippen LogP contribution in [-0.2, 0) is 4.79 Å². The molecule has 0 saturated carbocycles. The first-order valence-electron chi connectivity index (χ1n) is 3.69. The lowest BCUT2D eigenvalue weighted by molar-refractivity contribution is -0.137. The van der Waals surface area contributed by atoms with E-state index in [1.807, 2.05) is 6.92 Å². The molecule has 0 amide bonds. The summed E-state index contributed by atoms with van der Waals surface area (Å²) in [4.78, 5) is 10.4. The van der Waals surface area contributed by atoms with Gasteiger partial charge in [0.1, 0.15) is 0 Å². The van der Waals surface area contributed by atoms with Crippen LogP contribution >= 0.6 is 0 Å². The van der Waals surface area contributed by atoms with Crippen LogP contribution in [-0.4, -0.2) is 31.7 Å². The molecular weight excluding hydrogens is 160 g/mol. The van der Waals surface area contributed by atoms with Crippen LogP contribution in [0.15, 0.2) is 0 Å². The molecule has 0 spiro atoms. The maximum Gasteiger partial charge on any atom is 0.304 e. The number of H-pyrrole nitrogens is 1. The molecule has 0 fully saturated rings. The summed E-state index contributed by atoms with van der Waals surface area (Å²) in [6, 6.07) is 0. The van der Waals surface area contributed by atoms with Crippen molar-refractivity contribution < 1.29 is 9.90 Å². The minimum absolute atomic E-state index is 0.0629. The van der Waals surface area contributed by atoms with Crippen molar-refractivity contribution in [2.24, 2.45) is 0 Å². The van der Waals surface area contributed by atoms with Crippen molar-refractivity contribution in [3.05, 3.63) is 5.82 Å². The Bertz CT molecular complexity index is 246. The summed E-state index contributed by atoms with van der Waals surface area (Å²) < 4.78 is 0. The summed E-state index contributed by atoms with van der Waals surface area (Å²) in [5, 5.41) is 21.5. The van der Waals surface area contributed by atoms with Crippen LogP contribution in [0.5, 0.6) is 0 Å². The summed E-state index contributed by atoms with van der Waals surface area (Å²) in [6.07, 6.45) is 0.774. The molecule has 1 aromatic rings. The number of rotatable bonds is 4. The van der Waals surface area contributed by atoms with Crippen molar-refractivity contribution in [1.82, 2.24) is 20.6 Å². The van der Waals surface area contributed by atoms with Crippen molar-refractivity contribution in [3.63, 3.8) is 0 Å². The Morgan fingerprint density at radius 2 is 2.50 bits per heavy atom. The average Bonchev–Trinajstić information content (AvgIpc) is 2.51. The topological polar surface area (TPSA) is 91.8 Å². The van der Waals surface area contributed by atoms with Crippen molar-refractivity contribution in [1.29, 1.82) is 0 Å². The van der Waals surface area contributed by atoms with E-state index in [0.29, 0.717) is 12.2 Å². The molecule has 1 heterocycles. The van der Waals surface area contributed by atoms with E-state index < -0.39 is 5.97 Å². The molecular formula is C6H10N4O2. The van der Waals surface area contributed by atoms with Crippen LogP contribution in [0.25, 0.3) is 0 Å². The Hall–Kier alpha value is -1.46. The largest absolute Gasteiger partial charge is 0.481 e. The molecule has 2 N–H and O–H groups in total. The van der Waals surface area contributed by atoms with Gasteiger partial charge in [-0.15, -0.1) is 5.10 Å². The number of carbonyl (C=O) groups is 1. The monoisotopic (exact) mass is 170 g/mol. The van der Waals surface area contributed by atoms with Gasteiger partial charge in [0, 0.05) is 5.92 Å². The number of carboxylic acids is 1. The third-order valence-electron chi connectivity index (χ3n) is 1.66. The Balaban J connectivity index is 2.63. The van der Waals surface area contributed by atoms with Gasteiger partial charge in [0.25, 0.3) is 0 Å². The fraction of sp³-hybridized carbons (Fsp3) is 0.667. The minimum atomic E-state index is -0.835. The van der Waals surface area contributed by atoms with E-state index in [4.69, 9.17) is 5.11 Å². The van der Waals surface area contributed by atoms with Gasteiger partial charge in [-0.2, -0.15) is 0 Å². The van der Waals surface area contributed by atoms with Crippen LogP contribution in [0.2, 0.25) is 0 Å². The van der Waals surface area contributed by atoms with E-state index in [9.17, 15) is 4.79 Å². The van der Waals surface area contributed by atoms with E-state index >= 15 is 0 Å². The number of carboxylic acid groups (broad SMARTS) is 1. The quantitative estimate of drug-likeness (QED) is 0.671. The summed E-state index contributed by atoms with van der Waals surface area (Å²) in [6.45, 7) is 1.90. The molecule has 1 atom stereocenters. The number of aliphatic carboxylic acids is 1. The van der Waals surface area contributed by atoms with Crippen LogP contribution in [0.1, 0.15) is 31.5 Å². The van der Waals surface area contributed by atoms with Crippen LogP contribution in [0.4, 0.5) is 0 Å². The molecule has 12 heavy (non-hydrogen) atoms. The highest BCUT2D eigenvalue weighted by Gasteiger charge is 2.16. The van der Waals surface area contributed by atoms with Crippen LogP contribution in [0.3, 0.4) is 0 Å². The third kappa shape index (κ3) is 2.01. The molecule has 66 valence electrons. The van der Waals surface area contributed by atoms with Gasteiger partial charge in [-0.1, -0.05) is 6.92 Å². The van der Waals surface area contributed by atoms with Crippen molar-refractivity contribution in [2.75, 3.05) is 0 Å². The SMILES string of the molecule is CCC(CC(=O)O)c1nnn[nH]1. The zero-order valence-corrected chi connectivity index (χ0v) is 6.69. The number of hydrogen-bond donors (Lipinski definition) is 2. The van der Waals surface area contributed by atoms with Crippen LogP contribution < -0.4 is 0 Å². The number of aromatic amines is 1. The second-order valence-corrected chi connectivity index (χ2v) is 2.49. The molecule has 0 aromatic carbocycles. The first kappa shape index (κ1) is 8.63. The van der Waals surface area contributed by atoms with Crippen molar-refractivity contribution in [2.45, 2.75) is 25.7 Å². The smallest absolute Gasteiger partial charge is 0.304 e. The summed E-state index contributed by atoms with van der Waals surface area (Å²) in [7, 11) is 0. The Labute approximate surface area is 69.0 Å². The minimum Gasteiger partial charge on any atom is -0.481 e. The number of nitrogens with zero attached hydrogens (tertiary/aromatic N) is 3. The van der Waals surface area contributed by atoms with E-state index in [1.165, 1.54) is 0 Å². The second kappa shape index (κ2) is 3.80. The zero-order valence-electron chi connectivity index (χ0n) is 6.69. The van der Waals surface area contributed by atoms with Gasteiger partial charge in [-0.3, -0.25) is 4.79 Å². The van der Waals surface area contributed by atoms with Gasteiger partial charge in [-0.25, -0.2) is 5.10 Å². The van der Waals surface area contributed by atoms with E-state index in [1.54, 1.807) is 0 Å². The number of hydrogen-bond acceptors (Lipinski definition) is 4. The molecule has 6 nitrogen and oxygen atoms in total. The lowest BCUT2D eigenvalue weighted by atomic mass is 10.0. The molecule has 0 bridgehead atoms. The summed E-state index contributed by atoms with van der Waals surface area (Å²) in [5.41, 5.74) is 0. The molecule has 6 heteroatoms. The molecule has 1 aromatic heterocycles. The van der Waals surface area contributed by atoms with Gasteiger partial charge >= 0.3 is 5.97 Å². The van der Waals surface area contributed by atoms with E-state index in [-0.39, 0.29) is 12.3 Å². The first-order valence-corrected chi connectivity index (χ1v) is 3.69. The maximum absolute atomic E-state index is 10.4. The second-order valence-electron chi connectivity index (χ2n) is 2.49. The van der Waals surface area contributed by atoms with Gasteiger partial charge in [0.2, 0.25) is 0 Å². The van der Waals surface area contributed by atoms with Crippen LogP contribution in [0, 0.1) is 0 Å². The predicted octanol–water partition coefficient (Wildman–Crippen LogP) is 0.168. The fourth-order valence-electron chi connectivity index (χ4n) is 0.985. The average molecular weight is 170 g/mol. The lowest BCUT2D eigenvalue weighted by Gasteiger charge is -2.05. The number of tetrazole rings is 1. The predicted molar refractivity (Wildman–Crippen MR) is 39.5 cm³/mol. The summed E-state index contributed by atoms with van der Waals surface area (Å²) in [5.74, 6) is -0.407. The normalized spacial score (nSPS) is 12.8. The highest BCUT2D eigenvalue weighted by atomic mass is 16.4. The van der Waals surface area contributed by atoms with Gasteiger partial charge in [0.15, 0.2) is 5.82 Å². The molecule has 0 aliphatic heterocycles. The van der Waals surface area contributed by atoms with Crippen molar-refractivity contribution >= 4 is 5.97 Å². The summed E-state index contributed by atoms with van der Waals surface area (Å²) >= 11 is 0. The molecule has 0 radical (unpaired) electrons. The standard InChI is InChI=1S/C6H10N4O2/c1-2-4(3-5(11)12)6-7-9-10-8-6/h4H,2-3H2,1H3,(H,11,12)(H,7,8,9,10). The van der Waals surface area contributed by atoms with Gasteiger partial charge < -0.3 is 5.11 Å². The van der Waals surface area contributed by atoms with Crippen molar-refractivity contribution in [3.8, 4) is 0 Å². The first-order chi connectivity index (χ1) is 5.74. The Morgan fingerprint density at radius 1 is 1.75 bits per heavy atom. The van der Waals surface area contributed by atoms with E-state index in [2.05, 4.69) is 20.6 Å². The fourth-order valence-corrected chi connectivity index (χ4v) is 0.985. The Morgan fingerprint density at radius 3 is 2.92 bits per heavy atom. The molecule has 1 rings (SSSR count). The molecule has 0 saturated heterocycles. The number of nitrogens with one attached hydrogen (secondary N) is 1. The van der Waals surface area contributed by atoms with E-state index in [0.717, 1.165) is 0 Å². The number of aromatic nitrogens is 4. The highest BCUT2D eigenvalue weighted by molar-refractivity contribution is 5.67.